The minimum absolute atomic E-state index is 0.106. The third-order valence-electron chi connectivity index (χ3n) is 3.21. The van der Waals surface area contributed by atoms with Gasteiger partial charge in [0.25, 0.3) is 0 Å². The van der Waals surface area contributed by atoms with Crippen LogP contribution in [0.5, 0.6) is 0 Å². The van der Waals surface area contributed by atoms with Crippen molar-refractivity contribution in [2.24, 2.45) is 0 Å². The Kier molecular flexibility index (Phi) is 14.5. The van der Waals surface area contributed by atoms with Crippen molar-refractivity contribution in [1.29, 1.82) is 0 Å². The third-order valence-corrected chi connectivity index (χ3v) is 3.21. The van der Waals surface area contributed by atoms with E-state index in [4.69, 9.17) is 30.5 Å². The summed E-state index contributed by atoms with van der Waals surface area (Å²) in [4.78, 5) is 0. The molecule has 0 aromatic heterocycles. The summed E-state index contributed by atoms with van der Waals surface area (Å²) in [6.45, 7) is 0. The van der Waals surface area contributed by atoms with Crippen molar-refractivity contribution < 1.29 is 15.9 Å². The van der Waals surface area contributed by atoms with E-state index in [9.17, 15) is 0 Å². The average molecular weight is 374 g/mol. The summed E-state index contributed by atoms with van der Waals surface area (Å²) in [5.74, 6) is 0. The summed E-state index contributed by atoms with van der Waals surface area (Å²) < 4.78 is 0. The molecule has 2 fully saturated rings. The number of halogens is 2. The van der Waals surface area contributed by atoms with Crippen LogP contribution in [0.4, 0.5) is 0 Å². The summed E-state index contributed by atoms with van der Waals surface area (Å²) in [6, 6.07) is 0.572. The Morgan fingerprint density at radius 1 is 0.647 bits per heavy atom. The Bertz CT molecular complexity index is 133. The van der Waals surface area contributed by atoms with E-state index in [1.165, 1.54) is 38.5 Å². The number of hydrogen-bond acceptors (Lipinski definition) is 0. The molecule has 5 heteroatoms. The van der Waals surface area contributed by atoms with Crippen molar-refractivity contribution in [2.45, 2.75) is 76.3 Å². The molecule has 0 saturated heterocycles. The first-order chi connectivity index (χ1) is 8.20. The zero-order chi connectivity index (χ0) is 12.9. The summed E-state index contributed by atoms with van der Waals surface area (Å²) in [5, 5.41) is 0. The molecule has 0 unspecified atom stereocenters. The summed E-state index contributed by atoms with van der Waals surface area (Å²) in [6.07, 6.45) is 12.6. The molecule has 2 rings (SSSR count). The Morgan fingerprint density at radius 2 is 0.882 bits per heavy atom. The molecule has 0 heterocycles. The van der Waals surface area contributed by atoms with Crippen LogP contribution in [-0.4, -0.2) is 12.1 Å². The Morgan fingerprint density at radius 3 is 1.00 bits per heavy atom. The summed E-state index contributed by atoms with van der Waals surface area (Å²) >= 11 is -0.106. The van der Waals surface area contributed by atoms with Gasteiger partial charge in [0.05, 0.1) is 0 Å². The second-order valence-electron chi connectivity index (χ2n) is 4.72. The zero-order valence-electron chi connectivity index (χ0n) is 10.3. The molecular formula is C12H24Cl2N2Pd-2. The first kappa shape index (κ1) is 18.2. The second-order valence-corrected chi connectivity index (χ2v) is 7.08. The van der Waals surface area contributed by atoms with E-state index in [2.05, 4.69) is 0 Å². The maximum Gasteiger partial charge on any atom is -0.0534 e. The summed E-state index contributed by atoms with van der Waals surface area (Å²) in [7, 11) is 9.63. The van der Waals surface area contributed by atoms with Crippen molar-refractivity contribution >= 4 is 19.1 Å². The van der Waals surface area contributed by atoms with E-state index in [1.807, 2.05) is 0 Å². The van der Waals surface area contributed by atoms with Gasteiger partial charge in [-0.15, -0.1) is 12.1 Å². The standard InChI is InChI=1S/2C6H12N.2ClH.Pd/c2*7-6-4-2-1-3-5-6;;;/h2*6-7H,1-5H2;2*1H;/q2*-1;;;+2/p-2. The maximum atomic E-state index is 7.27. The molecule has 0 bridgehead atoms. The first-order valence-corrected chi connectivity index (χ1v) is 10.5. The van der Waals surface area contributed by atoms with E-state index in [0.717, 1.165) is 25.7 Å². The molecular weight excluding hydrogens is 349 g/mol. The van der Waals surface area contributed by atoms with Crippen LogP contribution in [-0.2, 0) is 15.9 Å². The van der Waals surface area contributed by atoms with E-state index >= 15 is 0 Å². The smallest absolute Gasteiger partial charge is 0.0534 e. The monoisotopic (exact) mass is 372 g/mol. The molecule has 17 heavy (non-hydrogen) atoms. The molecule has 2 N–H and O–H groups in total. The van der Waals surface area contributed by atoms with Crippen LogP contribution in [0.25, 0.3) is 11.5 Å². The third kappa shape index (κ3) is 13.4. The van der Waals surface area contributed by atoms with Crippen LogP contribution in [0.15, 0.2) is 0 Å². The molecule has 0 aliphatic heterocycles. The molecule has 2 aliphatic rings. The van der Waals surface area contributed by atoms with Crippen LogP contribution < -0.4 is 0 Å². The summed E-state index contributed by atoms with van der Waals surface area (Å²) in [5.41, 5.74) is 14.5. The van der Waals surface area contributed by atoms with Crippen molar-refractivity contribution in [1.82, 2.24) is 0 Å². The van der Waals surface area contributed by atoms with Crippen LogP contribution in [0.3, 0.4) is 0 Å². The van der Waals surface area contributed by atoms with Crippen LogP contribution in [0, 0.1) is 0 Å². The maximum absolute atomic E-state index is 7.27. The molecule has 0 amide bonds. The predicted octanol–water partition coefficient (Wildman–Crippen LogP) is 6.12. The molecule has 2 aliphatic carbocycles. The molecule has 0 aromatic carbocycles. The van der Waals surface area contributed by atoms with Crippen molar-refractivity contribution in [3.05, 3.63) is 11.5 Å². The van der Waals surface area contributed by atoms with Gasteiger partial charge in [-0.05, 0) is 0 Å². The van der Waals surface area contributed by atoms with Crippen molar-refractivity contribution in [2.75, 3.05) is 0 Å². The fourth-order valence-corrected chi connectivity index (χ4v) is 2.21. The first-order valence-electron chi connectivity index (χ1n) is 6.45. The van der Waals surface area contributed by atoms with Crippen LogP contribution >= 0.6 is 19.1 Å². The van der Waals surface area contributed by atoms with Gasteiger partial charge in [0, 0.05) is 0 Å². The largest absolute Gasteiger partial charge is 0.675 e. The van der Waals surface area contributed by atoms with Crippen LogP contribution in [0.2, 0.25) is 0 Å². The van der Waals surface area contributed by atoms with Crippen LogP contribution in [0.1, 0.15) is 64.2 Å². The number of rotatable bonds is 0. The van der Waals surface area contributed by atoms with E-state index in [0.29, 0.717) is 0 Å². The fraction of sp³-hybridized carbons (Fsp3) is 1.00. The molecule has 2 nitrogen and oxygen atoms in total. The molecule has 0 aromatic rings. The van der Waals surface area contributed by atoms with E-state index in [1.54, 1.807) is 0 Å². The second kappa shape index (κ2) is 13.6. The molecule has 0 atom stereocenters. The van der Waals surface area contributed by atoms with Gasteiger partial charge in [0.1, 0.15) is 0 Å². The Labute approximate surface area is 122 Å². The van der Waals surface area contributed by atoms with Gasteiger partial charge in [0.2, 0.25) is 0 Å². The van der Waals surface area contributed by atoms with Gasteiger partial charge in [-0.25, -0.2) is 0 Å². The molecule has 0 radical (unpaired) electrons. The normalized spacial score (nSPS) is 22.1. The van der Waals surface area contributed by atoms with Crippen molar-refractivity contribution in [3.63, 3.8) is 0 Å². The van der Waals surface area contributed by atoms with Gasteiger partial charge >= 0.3 is 35.0 Å². The van der Waals surface area contributed by atoms with Gasteiger partial charge in [-0.1, -0.05) is 64.2 Å². The molecule has 0 spiro atoms. The van der Waals surface area contributed by atoms with E-state index < -0.39 is 0 Å². The topological polar surface area (TPSA) is 47.6 Å². The van der Waals surface area contributed by atoms with Gasteiger partial charge < -0.3 is 11.5 Å². The van der Waals surface area contributed by atoms with Gasteiger partial charge in [0.15, 0.2) is 0 Å². The minimum atomic E-state index is -0.106. The quantitative estimate of drug-likeness (QED) is 0.459. The minimum Gasteiger partial charge on any atom is -0.675 e. The van der Waals surface area contributed by atoms with Gasteiger partial charge in [-0.2, -0.15) is 0 Å². The SMILES string of the molecule is [Cl][Pd][Cl].[NH-]C1CCCCC1.[NH-]C1CCCCC1. The number of nitrogens with one attached hydrogen (secondary N) is 2. The fourth-order valence-electron chi connectivity index (χ4n) is 2.21. The van der Waals surface area contributed by atoms with Crippen molar-refractivity contribution in [3.8, 4) is 0 Å². The molecule has 2 saturated carbocycles. The predicted molar refractivity (Wildman–Crippen MR) is 74.1 cm³/mol. The molecule has 108 valence electrons. The Balaban J connectivity index is 0.000000247. The Hall–Kier alpha value is 1.16. The number of hydrogen-bond donors (Lipinski definition) is 0. The van der Waals surface area contributed by atoms with Gasteiger partial charge in [-0.3, -0.25) is 0 Å². The van der Waals surface area contributed by atoms with E-state index in [-0.39, 0.29) is 28.0 Å². The average Bonchev–Trinajstić information content (AvgIpc) is 2.33. The zero-order valence-corrected chi connectivity index (χ0v) is 13.4.